The monoisotopic (exact) mass is 538 g/mol. The van der Waals surface area contributed by atoms with Crippen LogP contribution in [0.15, 0.2) is 60.5 Å². The van der Waals surface area contributed by atoms with Crippen LogP contribution >= 0.6 is 23.6 Å². The van der Waals surface area contributed by atoms with Crippen LogP contribution in [0.3, 0.4) is 0 Å². The fourth-order valence-electron chi connectivity index (χ4n) is 4.02. The Morgan fingerprint density at radius 2 is 2.03 bits per heavy atom. The summed E-state index contributed by atoms with van der Waals surface area (Å²) in [5.41, 5.74) is 3.05. The maximum atomic E-state index is 13.1. The number of thiocarbonyl (C=S) groups is 1. The zero-order valence-corrected chi connectivity index (χ0v) is 23.0. The van der Waals surface area contributed by atoms with Gasteiger partial charge in [-0.15, -0.1) is 11.3 Å². The van der Waals surface area contributed by atoms with Gasteiger partial charge < -0.3 is 20.3 Å². The SMILES string of the molecule is C=C/C=C(\C=C/CC)c1ccccc1NC(=O)c1csc(C2CCN(C(=S)NCC(=O)OCC)CC2)n1. The molecule has 1 aromatic carbocycles. The maximum absolute atomic E-state index is 13.1. The molecule has 0 spiro atoms. The summed E-state index contributed by atoms with van der Waals surface area (Å²) in [5, 5.41) is 9.35. The van der Waals surface area contributed by atoms with Crippen LogP contribution in [0.1, 0.15) is 60.1 Å². The molecule has 0 bridgehead atoms. The van der Waals surface area contributed by atoms with Gasteiger partial charge in [0, 0.05) is 35.6 Å². The number of hydrogen-bond acceptors (Lipinski definition) is 6. The molecule has 2 heterocycles. The van der Waals surface area contributed by atoms with Crippen LogP contribution in [-0.2, 0) is 9.53 Å². The molecule has 9 heteroatoms. The molecular formula is C28H34N4O3S2. The lowest BCUT2D eigenvalue weighted by molar-refractivity contribution is -0.141. The summed E-state index contributed by atoms with van der Waals surface area (Å²) in [5.74, 6) is -0.278. The second-order valence-corrected chi connectivity index (χ2v) is 9.74. The highest BCUT2D eigenvalue weighted by Crippen LogP contribution is 2.31. The number of esters is 1. The van der Waals surface area contributed by atoms with Crippen molar-refractivity contribution in [1.82, 2.24) is 15.2 Å². The van der Waals surface area contributed by atoms with Crippen molar-refractivity contribution in [3.63, 3.8) is 0 Å². The average Bonchev–Trinajstić information content (AvgIpc) is 3.41. The number of nitrogens with zero attached hydrogens (tertiary/aromatic N) is 2. The van der Waals surface area contributed by atoms with E-state index < -0.39 is 0 Å². The van der Waals surface area contributed by atoms with Gasteiger partial charge >= 0.3 is 5.97 Å². The fraction of sp³-hybridized carbons (Fsp3) is 0.357. The number of aromatic nitrogens is 1. The lowest BCUT2D eigenvalue weighted by Crippen LogP contribution is -2.45. The standard InChI is InChI=1S/C28H34N4O3S2/c1-4-7-11-20(10-5-2)22-12-8-9-13-23(22)30-26(34)24-19-37-27(31-24)21-14-16-32(17-15-21)28(36)29-18-25(33)35-6-3/h5,7-13,19,21H,2,4,6,14-18H2,1,3H3,(H,29,36)(H,30,34)/b11-7-,20-10+. The van der Waals surface area contributed by atoms with Crippen LogP contribution in [0.2, 0.25) is 0 Å². The van der Waals surface area contributed by atoms with Gasteiger partial charge in [0.15, 0.2) is 5.11 Å². The lowest BCUT2D eigenvalue weighted by Gasteiger charge is -2.33. The van der Waals surface area contributed by atoms with Crippen LogP contribution in [-0.4, -0.2) is 53.1 Å². The second kappa shape index (κ2) is 14.4. The van der Waals surface area contributed by atoms with Crippen molar-refractivity contribution in [2.45, 2.75) is 39.0 Å². The first-order valence-corrected chi connectivity index (χ1v) is 13.8. The number of nitrogens with one attached hydrogen (secondary N) is 2. The molecule has 196 valence electrons. The van der Waals surface area contributed by atoms with Crippen molar-refractivity contribution in [2.24, 2.45) is 0 Å². The first-order valence-electron chi connectivity index (χ1n) is 12.5. The fourth-order valence-corrected chi connectivity index (χ4v) is 5.24. The number of piperidine rings is 1. The third kappa shape index (κ3) is 8.10. The number of ether oxygens (including phenoxy) is 1. The first kappa shape index (κ1) is 28.3. The summed E-state index contributed by atoms with van der Waals surface area (Å²) in [4.78, 5) is 31.4. The maximum Gasteiger partial charge on any atom is 0.325 e. The van der Waals surface area contributed by atoms with Crippen LogP contribution in [0.4, 0.5) is 5.69 Å². The van der Waals surface area contributed by atoms with E-state index in [-0.39, 0.29) is 24.3 Å². The number of allylic oxidation sites excluding steroid dienone is 5. The molecule has 1 aromatic heterocycles. The molecule has 1 saturated heterocycles. The molecule has 37 heavy (non-hydrogen) atoms. The summed E-state index contributed by atoms with van der Waals surface area (Å²) in [6, 6.07) is 7.73. The predicted molar refractivity (Wildman–Crippen MR) is 155 cm³/mol. The molecule has 0 unspecified atom stereocenters. The molecule has 2 aromatic rings. The second-order valence-electron chi connectivity index (χ2n) is 8.46. The Hall–Kier alpha value is -3.30. The van der Waals surface area contributed by atoms with Crippen molar-refractivity contribution in [2.75, 3.05) is 31.6 Å². The van der Waals surface area contributed by atoms with E-state index in [9.17, 15) is 9.59 Å². The lowest BCUT2D eigenvalue weighted by atomic mass is 9.98. The number of carbonyl (C=O) groups is 2. The van der Waals surface area contributed by atoms with E-state index in [0.29, 0.717) is 17.4 Å². The number of benzene rings is 1. The topological polar surface area (TPSA) is 83.6 Å². The Kier molecular flexibility index (Phi) is 11.0. The Morgan fingerprint density at radius 3 is 2.73 bits per heavy atom. The number of amides is 1. The van der Waals surface area contributed by atoms with Crippen molar-refractivity contribution in [3.8, 4) is 0 Å². The van der Waals surface area contributed by atoms with Crippen LogP contribution in [0, 0.1) is 0 Å². The molecule has 1 fully saturated rings. The number of hydrogen-bond donors (Lipinski definition) is 2. The molecule has 1 aliphatic rings. The van der Waals surface area contributed by atoms with Crippen molar-refractivity contribution in [3.05, 3.63) is 76.8 Å². The molecule has 7 nitrogen and oxygen atoms in total. The van der Waals surface area contributed by atoms with Crippen LogP contribution in [0.5, 0.6) is 0 Å². The van der Waals surface area contributed by atoms with Crippen LogP contribution in [0.25, 0.3) is 5.57 Å². The summed E-state index contributed by atoms with van der Waals surface area (Å²) >= 11 is 6.95. The smallest absolute Gasteiger partial charge is 0.325 e. The quantitative estimate of drug-likeness (QED) is 0.233. The highest BCUT2D eigenvalue weighted by atomic mass is 32.1. The average molecular weight is 539 g/mol. The van der Waals surface area contributed by atoms with Gasteiger partial charge in [0.05, 0.1) is 11.6 Å². The minimum atomic E-state index is -0.318. The Labute approximate surface area is 228 Å². The molecular weight excluding hydrogens is 504 g/mol. The Balaban J connectivity index is 1.60. The van der Waals surface area contributed by atoms with E-state index in [0.717, 1.165) is 54.2 Å². The number of thiazole rings is 1. The number of rotatable bonds is 10. The van der Waals surface area contributed by atoms with Gasteiger partial charge in [-0.25, -0.2) is 4.98 Å². The van der Waals surface area contributed by atoms with Gasteiger partial charge in [0.1, 0.15) is 12.2 Å². The Morgan fingerprint density at radius 1 is 1.27 bits per heavy atom. The zero-order chi connectivity index (χ0) is 26.6. The van der Waals surface area contributed by atoms with Gasteiger partial charge in [-0.1, -0.05) is 56.0 Å². The molecule has 3 rings (SSSR count). The molecule has 0 saturated carbocycles. The van der Waals surface area contributed by atoms with Gasteiger partial charge in [0.2, 0.25) is 0 Å². The molecule has 1 aliphatic heterocycles. The van der Waals surface area contributed by atoms with E-state index in [2.05, 4.69) is 40.1 Å². The third-order valence-corrected chi connectivity index (χ3v) is 7.30. The first-order chi connectivity index (χ1) is 18.0. The van der Waals surface area contributed by atoms with Gasteiger partial charge in [-0.05, 0) is 50.0 Å². The van der Waals surface area contributed by atoms with E-state index in [1.807, 2.05) is 41.8 Å². The number of likely N-dealkylation sites (tertiary alicyclic amines) is 1. The van der Waals surface area contributed by atoms with Crippen molar-refractivity contribution >= 4 is 51.8 Å². The highest BCUT2D eigenvalue weighted by Gasteiger charge is 2.25. The largest absolute Gasteiger partial charge is 0.465 e. The minimum absolute atomic E-state index is 0.0699. The summed E-state index contributed by atoms with van der Waals surface area (Å²) in [6.07, 6.45) is 10.5. The molecule has 0 atom stereocenters. The number of anilines is 1. The normalized spacial score (nSPS) is 14.4. The van der Waals surface area contributed by atoms with Gasteiger partial charge in [-0.2, -0.15) is 0 Å². The van der Waals surface area contributed by atoms with E-state index in [1.165, 1.54) is 11.3 Å². The number of carbonyl (C=O) groups excluding carboxylic acids is 2. The van der Waals surface area contributed by atoms with Crippen molar-refractivity contribution < 1.29 is 14.3 Å². The summed E-state index contributed by atoms with van der Waals surface area (Å²) in [6.45, 7) is 9.62. The van der Waals surface area contributed by atoms with Crippen LogP contribution < -0.4 is 10.6 Å². The molecule has 0 radical (unpaired) electrons. The van der Waals surface area contributed by atoms with E-state index >= 15 is 0 Å². The van der Waals surface area contributed by atoms with Gasteiger partial charge in [-0.3, -0.25) is 9.59 Å². The highest BCUT2D eigenvalue weighted by molar-refractivity contribution is 7.80. The minimum Gasteiger partial charge on any atom is -0.465 e. The van der Waals surface area contributed by atoms with E-state index in [1.54, 1.807) is 13.0 Å². The van der Waals surface area contributed by atoms with Gasteiger partial charge in [0.25, 0.3) is 5.91 Å². The van der Waals surface area contributed by atoms with E-state index in [4.69, 9.17) is 17.0 Å². The summed E-state index contributed by atoms with van der Waals surface area (Å²) < 4.78 is 4.93. The summed E-state index contributed by atoms with van der Waals surface area (Å²) in [7, 11) is 0. The molecule has 1 amide bonds. The van der Waals surface area contributed by atoms with Crippen molar-refractivity contribution in [1.29, 1.82) is 0 Å². The number of para-hydroxylation sites is 1. The zero-order valence-electron chi connectivity index (χ0n) is 21.4. The molecule has 2 N–H and O–H groups in total. The Bertz CT molecular complexity index is 1160. The molecule has 0 aliphatic carbocycles. The predicted octanol–water partition coefficient (Wildman–Crippen LogP) is 5.55. The third-order valence-electron chi connectivity index (χ3n) is 5.89.